The Morgan fingerprint density at radius 1 is 1.14 bits per heavy atom. The number of methoxy groups -OCH3 is 1. The highest BCUT2D eigenvalue weighted by molar-refractivity contribution is 7.10. The molecular formula is C25H23N7O3S. The third-order valence-electron chi connectivity index (χ3n) is 5.48. The highest BCUT2D eigenvalue weighted by atomic mass is 32.1. The molecule has 182 valence electrons. The van der Waals surface area contributed by atoms with Gasteiger partial charge >= 0.3 is 0 Å². The number of rotatable bonds is 9. The van der Waals surface area contributed by atoms with Crippen molar-refractivity contribution in [3.05, 3.63) is 88.5 Å². The summed E-state index contributed by atoms with van der Waals surface area (Å²) in [6.45, 7) is 0.759. The third-order valence-corrected chi connectivity index (χ3v) is 6.39. The SMILES string of the molecule is COc1cc(Nc2ncc(-c3csc(CON)c3)n3ncnc23)ccc1C(=O)NCc1ccccc1. The van der Waals surface area contributed by atoms with E-state index in [1.807, 2.05) is 41.8 Å². The molecule has 5 aromatic rings. The first-order valence-corrected chi connectivity index (χ1v) is 11.9. The molecule has 0 fully saturated rings. The number of nitrogens with zero attached hydrogens (tertiary/aromatic N) is 4. The standard InChI is InChI=1S/C25H23N7O3S/c1-34-22-10-18(7-8-20(22)25(33)28-11-16-5-3-2-4-6-16)31-23-24-29-15-30-32(24)21(12-27-23)17-9-19(13-35-26)36-14-17/h2-10,12,14-15H,11,13,26H2,1H3,(H,27,31)(H,28,33). The summed E-state index contributed by atoms with van der Waals surface area (Å²) < 4.78 is 7.21. The second kappa shape index (κ2) is 10.5. The Bertz CT molecular complexity index is 1500. The van der Waals surface area contributed by atoms with Crippen molar-refractivity contribution in [2.24, 2.45) is 5.90 Å². The Morgan fingerprint density at radius 3 is 2.81 bits per heavy atom. The number of carbonyl (C=O) groups is 1. The number of nitrogens with one attached hydrogen (secondary N) is 2. The van der Waals surface area contributed by atoms with Crippen LogP contribution in [0.3, 0.4) is 0 Å². The Morgan fingerprint density at radius 2 is 2.00 bits per heavy atom. The first-order valence-electron chi connectivity index (χ1n) is 11.0. The van der Waals surface area contributed by atoms with Gasteiger partial charge < -0.3 is 15.4 Å². The zero-order chi connectivity index (χ0) is 24.9. The molecule has 0 atom stereocenters. The number of nitrogens with two attached hydrogens (primary N) is 1. The summed E-state index contributed by atoms with van der Waals surface area (Å²) >= 11 is 1.54. The van der Waals surface area contributed by atoms with E-state index in [0.717, 1.165) is 21.7 Å². The fraction of sp³-hybridized carbons (Fsp3) is 0.120. The first-order chi connectivity index (χ1) is 17.7. The van der Waals surface area contributed by atoms with E-state index in [4.69, 9.17) is 15.5 Å². The third kappa shape index (κ3) is 4.89. The molecular weight excluding hydrogens is 478 g/mol. The maximum Gasteiger partial charge on any atom is 0.255 e. The number of aromatic nitrogens is 4. The van der Waals surface area contributed by atoms with Gasteiger partial charge in [0.05, 0.1) is 24.6 Å². The Labute approximate surface area is 210 Å². The van der Waals surface area contributed by atoms with Gasteiger partial charge in [0.2, 0.25) is 0 Å². The average molecular weight is 502 g/mol. The largest absolute Gasteiger partial charge is 0.496 e. The van der Waals surface area contributed by atoms with Gasteiger partial charge in [-0.25, -0.2) is 20.4 Å². The predicted molar refractivity (Wildman–Crippen MR) is 137 cm³/mol. The van der Waals surface area contributed by atoms with Crippen molar-refractivity contribution < 1.29 is 14.4 Å². The van der Waals surface area contributed by atoms with Crippen LogP contribution in [0.25, 0.3) is 16.9 Å². The molecule has 0 spiro atoms. The van der Waals surface area contributed by atoms with E-state index in [2.05, 4.69) is 25.7 Å². The Hall–Kier alpha value is -4.32. The fourth-order valence-corrected chi connectivity index (χ4v) is 4.54. The van der Waals surface area contributed by atoms with Gasteiger partial charge in [-0.1, -0.05) is 30.3 Å². The van der Waals surface area contributed by atoms with Crippen LogP contribution in [-0.2, 0) is 18.0 Å². The molecule has 0 aliphatic rings. The summed E-state index contributed by atoms with van der Waals surface area (Å²) in [6, 6.07) is 17.0. The van der Waals surface area contributed by atoms with Gasteiger partial charge in [-0.15, -0.1) is 11.3 Å². The Kier molecular flexibility index (Phi) is 6.85. The van der Waals surface area contributed by atoms with Crippen molar-refractivity contribution in [2.75, 3.05) is 12.4 Å². The minimum absolute atomic E-state index is 0.222. The molecule has 0 bridgehead atoms. The highest BCUT2D eigenvalue weighted by Gasteiger charge is 2.16. The lowest BCUT2D eigenvalue weighted by Crippen LogP contribution is -2.23. The second-order valence-corrected chi connectivity index (χ2v) is 8.80. The number of hydrogen-bond donors (Lipinski definition) is 3. The fourth-order valence-electron chi connectivity index (χ4n) is 3.74. The van der Waals surface area contributed by atoms with Gasteiger partial charge in [-0.3, -0.25) is 9.63 Å². The number of amides is 1. The van der Waals surface area contributed by atoms with Gasteiger partial charge in [0, 0.05) is 34.1 Å². The van der Waals surface area contributed by atoms with Gasteiger partial charge in [0.15, 0.2) is 11.5 Å². The maximum atomic E-state index is 12.8. The van der Waals surface area contributed by atoms with Crippen LogP contribution in [0.4, 0.5) is 11.5 Å². The van der Waals surface area contributed by atoms with E-state index in [0.29, 0.717) is 41.6 Å². The number of fused-ring (bicyclic) bond motifs is 1. The lowest BCUT2D eigenvalue weighted by atomic mass is 10.1. The smallest absolute Gasteiger partial charge is 0.255 e. The van der Waals surface area contributed by atoms with Crippen LogP contribution in [0, 0.1) is 0 Å². The van der Waals surface area contributed by atoms with Crippen molar-refractivity contribution in [1.29, 1.82) is 0 Å². The number of carbonyl (C=O) groups excluding carboxylic acids is 1. The summed E-state index contributed by atoms with van der Waals surface area (Å²) in [5, 5.41) is 12.5. The normalized spacial score (nSPS) is 10.9. The van der Waals surface area contributed by atoms with Crippen LogP contribution in [0.15, 0.2) is 72.5 Å². The van der Waals surface area contributed by atoms with E-state index in [-0.39, 0.29) is 5.91 Å². The summed E-state index contributed by atoms with van der Waals surface area (Å²) in [5.74, 6) is 5.92. The van der Waals surface area contributed by atoms with E-state index in [1.54, 1.807) is 40.2 Å². The van der Waals surface area contributed by atoms with E-state index < -0.39 is 0 Å². The van der Waals surface area contributed by atoms with E-state index in [9.17, 15) is 4.79 Å². The molecule has 0 radical (unpaired) electrons. The minimum Gasteiger partial charge on any atom is -0.496 e. The molecule has 11 heteroatoms. The minimum atomic E-state index is -0.222. The second-order valence-electron chi connectivity index (χ2n) is 7.81. The molecule has 0 saturated heterocycles. The van der Waals surface area contributed by atoms with Gasteiger partial charge in [0.1, 0.15) is 18.7 Å². The molecule has 3 heterocycles. The van der Waals surface area contributed by atoms with Crippen LogP contribution in [0.5, 0.6) is 5.75 Å². The van der Waals surface area contributed by atoms with Gasteiger partial charge in [-0.05, 0) is 23.8 Å². The topological polar surface area (TPSA) is 129 Å². The quantitative estimate of drug-likeness (QED) is 0.259. The molecule has 4 N–H and O–H groups in total. The number of benzene rings is 2. The number of thiophene rings is 1. The van der Waals surface area contributed by atoms with Crippen LogP contribution < -0.4 is 21.3 Å². The first kappa shape index (κ1) is 23.4. The number of anilines is 2. The molecule has 0 aliphatic heterocycles. The van der Waals surface area contributed by atoms with Crippen LogP contribution in [0.2, 0.25) is 0 Å². The van der Waals surface area contributed by atoms with Crippen molar-refractivity contribution in [1.82, 2.24) is 24.9 Å². The monoisotopic (exact) mass is 501 g/mol. The van der Waals surface area contributed by atoms with Crippen molar-refractivity contribution >= 4 is 34.4 Å². The summed E-state index contributed by atoms with van der Waals surface area (Å²) in [4.78, 5) is 27.4. The molecule has 5 rings (SSSR count). The molecule has 2 aromatic carbocycles. The number of ether oxygens (including phenoxy) is 1. The molecule has 1 amide bonds. The zero-order valence-corrected chi connectivity index (χ0v) is 20.2. The van der Waals surface area contributed by atoms with Crippen molar-refractivity contribution in [3.63, 3.8) is 0 Å². The van der Waals surface area contributed by atoms with Crippen LogP contribution in [-0.4, -0.2) is 32.6 Å². The molecule has 0 saturated carbocycles. The lowest BCUT2D eigenvalue weighted by Gasteiger charge is -2.13. The van der Waals surface area contributed by atoms with Crippen LogP contribution in [0.1, 0.15) is 20.8 Å². The molecule has 36 heavy (non-hydrogen) atoms. The molecule has 3 aromatic heterocycles. The van der Waals surface area contributed by atoms with E-state index >= 15 is 0 Å². The molecule has 0 unspecified atom stereocenters. The maximum absolute atomic E-state index is 12.8. The Balaban J connectivity index is 1.36. The average Bonchev–Trinajstić information content (AvgIpc) is 3.59. The highest BCUT2D eigenvalue weighted by Crippen LogP contribution is 2.30. The molecule has 0 aliphatic carbocycles. The van der Waals surface area contributed by atoms with Gasteiger partial charge in [-0.2, -0.15) is 5.10 Å². The summed E-state index contributed by atoms with van der Waals surface area (Å²) in [5.41, 5.74) is 4.42. The number of hydrogen-bond acceptors (Lipinski definition) is 9. The van der Waals surface area contributed by atoms with Crippen LogP contribution >= 0.6 is 11.3 Å². The predicted octanol–water partition coefficient (Wildman–Crippen LogP) is 3.93. The molecule has 10 nitrogen and oxygen atoms in total. The lowest BCUT2D eigenvalue weighted by molar-refractivity contribution is 0.0948. The van der Waals surface area contributed by atoms with Gasteiger partial charge in [0.25, 0.3) is 5.91 Å². The van der Waals surface area contributed by atoms with E-state index in [1.165, 1.54) is 13.4 Å². The summed E-state index contributed by atoms with van der Waals surface area (Å²) in [6.07, 6.45) is 3.20. The summed E-state index contributed by atoms with van der Waals surface area (Å²) in [7, 11) is 1.53. The van der Waals surface area contributed by atoms with Crippen molar-refractivity contribution in [2.45, 2.75) is 13.2 Å². The zero-order valence-electron chi connectivity index (χ0n) is 19.3. The van der Waals surface area contributed by atoms with Crippen molar-refractivity contribution in [3.8, 4) is 17.0 Å².